The molecule has 0 saturated heterocycles. The average Bonchev–Trinajstić information content (AvgIpc) is 2.67. The second-order valence-corrected chi connectivity index (χ2v) is 2.67. The number of H-pyrrole nitrogens is 1. The van der Waals surface area contributed by atoms with Gasteiger partial charge in [-0.15, -0.1) is 0 Å². The molecule has 0 unspecified atom stereocenters. The van der Waals surface area contributed by atoms with Gasteiger partial charge < -0.3 is 4.98 Å². The van der Waals surface area contributed by atoms with Crippen LogP contribution in [0.1, 0.15) is 32.3 Å². The van der Waals surface area contributed by atoms with E-state index < -0.39 is 0 Å². The van der Waals surface area contributed by atoms with Crippen LogP contribution in [-0.4, -0.2) is 19.9 Å². The number of imidazole rings is 1. The molecule has 2 aromatic heterocycles. The van der Waals surface area contributed by atoms with E-state index in [-0.39, 0.29) is 0 Å². The summed E-state index contributed by atoms with van der Waals surface area (Å²) in [5, 5.41) is 0. The Morgan fingerprint density at radius 2 is 2.00 bits per heavy atom. The minimum absolute atomic E-state index is 0.763. The summed E-state index contributed by atoms with van der Waals surface area (Å²) in [5.41, 5.74) is 2.76. The third-order valence-corrected chi connectivity index (χ3v) is 1.81. The summed E-state index contributed by atoms with van der Waals surface area (Å²) in [6, 6.07) is 0. The van der Waals surface area contributed by atoms with Gasteiger partial charge in [0.2, 0.25) is 0 Å². The molecule has 0 bridgehead atoms. The van der Waals surface area contributed by atoms with Gasteiger partial charge in [0.25, 0.3) is 0 Å². The molecule has 0 saturated carbocycles. The lowest BCUT2D eigenvalue weighted by Crippen LogP contribution is -1.95. The third kappa shape index (κ3) is 1.89. The molecule has 4 nitrogen and oxygen atoms in total. The maximum absolute atomic E-state index is 4.31. The van der Waals surface area contributed by atoms with Gasteiger partial charge in [-0.2, -0.15) is 0 Å². The van der Waals surface area contributed by atoms with Crippen molar-refractivity contribution in [1.29, 1.82) is 0 Å². The standard InChI is InChI=1S/C8H10N4.C2H6/c1-3-6-7-8(10-4-9-7)12-5(2)11-6;1-2/h4H,3H2,1-2H3,(H,9,10,11,12);1-2H3. The van der Waals surface area contributed by atoms with E-state index >= 15 is 0 Å². The lowest BCUT2D eigenvalue weighted by molar-refractivity contribution is 0.974. The van der Waals surface area contributed by atoms with Gasteiger partial charge in [-0.1, -0.05) is 20.8 Å². The van der Waals surface area contributed by atoms with Crippen molar-refractivity contribution in [2.75, 3.05) is 0 Å². The molecule has 0 fully saturated rings. The molecule has 0 amide bonds. The molecule has 0 aliphatic rings. The lowest BCUT2D eigenvalue weighted by atomic mass is 10.3. The first kappa shape index (κ1) is 10.6. The van der Waals surface area contributed by atoms with E-state index in [0.29, 0.717) is 0 Å². The van der Waals surface area contributed by atoms with Crippen LogP contribution in [-0.2, 0) is 6.42 Å². The Kier molecular flexibility index (Phi) is 3.56. The summed E-state index contributed by atoms with van der Waals surface area (Å²) in [4.78, 5) is 15.6. The number of rotatable bonds is 1. The minimum atomic E-state index is 0.763. The second kappa shape index (κ2) is 4.69. The fraction of sp³-hybridized carbons (Fsp3) is 0.500. The lowest BCUT2D eigenvalue weighted by Gasteiger charge is -1.98. The first-order chi connectivity index (χ1) is 6.81. The number of nitrogens with one attached hydrogen (secondary N) is 1. The van der Waals surface area contributed by atoms with Crippen molar-refractivity contribution in [3.63, 3.8) is 0 Å². The molecule has 76 valence electrons. The van der Waals surface area contributed by atoms with Gasteiger partial charge in [-0.05, 0) is 13.3 Å². The van der Waals surface area contributed by atoms with E-state index in [1.54, 1.807) is 6.33 Å². The summed E-state index contributed by atoms with van der Waals surface area (Å²) >= 11 is 0. The van der Waals surface area contributed by atoms with E-state index in [1.807, 2.05) is 20.8 Å². The van der Waals surface area contributed by atoms with Crippen molar-refractivity contribution in [2.45, 2.75) is 34.1 Å². The molecule has 0 spiro atoms. The van der Waals surface area contributed by atoms with E-state index in [9.17, 15) is 0 Å². The molecule has 0 atom stereocenters. The van der Waals surface area contributed by atoms with Crippen LogP contribution in [0.25, 0.3) is 11.2 Å². The van der Waals surface area contributed by atoms with Gasteiger partial charge in [0.05, 0.1) is 12.0 Å². The van der Waals surface area contributed by atoms with E-state index in [0.717, 1.165) is 29.1 Å². The highest BCUT2D eigenvalue weighted by Crippen LogP contribution is 2.10. The van der Waals surface area contributed by atoms with Crippen molar-refractivity contribution >= 4 is 11.2 Å². The molecule has 1 N–H and O–H groups in total. The van der Waals surface area contributed by atoms with Crippen LogP contribution in [0.2, 0.25) is 0 Å². The van der Waals surface area contributed by atoms with Crippen LogP contribution < -0.4 is 0 Å². The van der Waals surface area contributed by atoms with Crippen LogP contribution in [0, 0.1) is 6.92 Å². The van der Waals surface area contributed by atoms with E-state index in [2.05, 4.69) is 26.9 Å². The monoisotopic (exact) mass is 192 g/mol. The molecule has 2 rings (SSSR count). The predicted molar refractivity (Wildman–Crippen MR) is 57.1 cm³/mol. The number of aryl methyl sites for hydroxylation is 2. The maximum atomic E-state index is 4.31. The van der Waals surface area contributed by atoms with Gasteiger partial charge in [0.15, 0.2) is 5.65 Å². The van der Waals surface area contributed by atoms with Crippen LogP contribution in [0.15, 0.2) is 6.33 Å². The third-order valence-electron chi connectivity index (χ3n) is 1.81. The Labute approximate surface area is 83.8 Å². The van der Waals surface area contributed by atoms with Gasteiger partial charge >= 0.3 is 0 Å². The zero-order valence-electron chi connectivity index (χ0n) is 9.13. The van der Waals surface area contributed by atoms with Crippen molar-refractivity contribution in [1.82, 2.24) is 19.9 Å². The highest BCUT2D eigenvalue weighted by atomic mass is 15.0. The summed E-state index contributed by atoms with van der Waals surface area (Å²) in [6.07, 6.45) is 2.56. The molecule has 0 aliphatic heterocycles. The Morgan fingerprint density at radius 1 is 1.29 bits per heavy atom. The Morgan fingerprint density at radius 3 is 2.64 bits per heavy atom. The highest BCUT2D eigenvalue weighted by molar-refractivity contribution is 5.72. The first-order valence-corrected chi connectivity index (χ1v) is 4.98. The van der Waals surface area contributed by atoms with Gasteiger partial charge in [0.1, 0.15) is 11.3 Å². The molecule has 2 heterocycles. The molecule has 2 aromatic rings. The zero-order valence-corrected chi connectivity index (χ0v) is 9.13. The van der Waals surface area contributed by atoms with E-state index in [4.69, 9.17) is 0 Å². The average molecular weight is 192 g/mol. The highest BCUT2D eigenvalue weighted by Gasteiger charge is 2.04. The normalized spacial score (nSPS) is 9.71. The number of hydrogen-bond donors (Lipinski definition) is 1. The predicted octanol–water partition coefficient (Wildman–Crippen LogP) is 2.25. The van der Waals surface area contributed by atoms with Gasteiger partial charge in [-0.3, -0.25) is 0 Å². The second-order valence-electron chi connectivity index (χ2n) is 2.67. The van der Waals surface area contributed by atoms with Gasteiger partial charge in [0, 0.05) is 0 Å². The van der Waals surface area contributed by atoms with Crippen molar-refractivity contribution < 1.29 is 0 Å². The van der Waals surface area contributed by atoms with Crippen LogP contribution in [0.4, 0.5) is 0 Å². The quantitative estimate of drug-likeness (QED) is 0.754. The largest absolute Gasteiger partial charge is 0.342 e. The summed E-state index contributed by atoms with van der Waals surface area (Å²) in [5.74, 6) is 0.784. The molecule has 0 aliphatic carbocycles. The fourth-order valence-corrected chi connectivity index (χ4v) is 1.27. The molecule has 14 heavy (non-hydrogen) atoms. The maximum Gasteiger partial charge on any atom is 0.181 e. The summed E-state index contributed by atoms with van der Waals surface area (Å²) < 4.78 is 0. The molecular formula is C10H16N4. The molecular weight excluding hydrogens is 176 g/mol. The molecule has 0 aromatic carbocycles. The summed E-state index contributed by atoms with van der Waals surface area (Å²) in [6.45, 7) is 7.95. The van der Waals surface area contributed by atoms with Crippen molar-refractivity contribution in [2.24, 2.45) is 0 Å². The van der Waals surface area contributed by atoms with Gasteiger partial charge in [-0.25, -0.2) is 15.0 Å². The molecule has 4 heteroatoms. The molecule has 0 radical (unpaired) electrons. The number of hydrogen-bond acceptors (Lipinski definition) is 3. The number of fused-ring (bicyclic) bond motifs is 1. The Bertz CT molecular complexity index is 405. The van der Waals surface area contributed by atoms with E-state index in [1.165, 1.54) is 0 Å². The first-order valence-electron chi connectivity index (χ1n) is 4.98. The number of nitrogens with zero attached hydrogens (tertiary/aromatic N) is 3. The SMILES string of the molecule is CC.CCc1nc(C)nc2nc[nH]c12. The van der Waals surface area contributed by atoms with Crippen molar-refractivity contribution in [3.05, 3.63) is 17.8 Å². The van der Waals surface area contributed by atoms with Crippen LogP contribution in [0.5, 0.6) is 0 Å². The topological polar surface area (TPSA) is 54.5 Å². The van der Waals surface area contributed by atoms with Crippen molar-refractivity contribution in [3.8, 4) is 0 Å². The fourth-order valence-electron chi connectivity index (χ4n) is 1.27. The minimum Gasteiger partial charge on any atom is -0.342 e. The zero-order chi connectivity index (χ0) is 10.6. The van der Waals surface area contributed by atoms with Crippen LogP contribution in [0.3, 0.4) is 0 Å². The summed E-state index contributed by atoms with van der Waals surface area (Å²) in [7, 11) is 0. The smallest absolute Gasteiger partial charge is 0.181 e. The number of aromatic nitrogens is 4. The van der Waals surface area contributed by atoms with Crippen LogP contribution >= 0.6 is 0 Å². The Balaban J connectivity index is 0.000000461. The Hall–Kier alpha value is -1.45. The number of aromatic amines is 1.